The predicted molar refractivity (Wildman–Crippen MR) is 95.2 cm³/mol. The molecule has 6 rings (SSSR count). The fourth-order valence-corrected chi connectivity index (χ4v) is 4.86. The largest absolute Gasteiger partial charge is 0.477 e. The number of benzene rings is 1. The van der Waals surface area contributed by atoms with E-state index < -0.39 is 17.2 Å². The average Bonchev–Trinajstić information content (AvgIpc) is 2.92. The highest BCUT2D eigenvalue weighted by atomic mass is 19.1. The van der Waals surface area contributed by atoms with Crippen LogP contribution in [0.1, 0.15) is 36.0 Å². The van der Waals surface area contributed by atoms with E-state index in [9.17, 15) is 19.1 Å². The molecule has 26 heavy (non-hydrogen) atoms. The first-order valence-corrected chi connectivity index (χ1v) is 9.01. The van der Waals surface area contributed by atoms with Crippen LogP contribution in [0.5, 0.6) is 0 Å². The topological polar surface area (TPSA) is 88.6 Å². The second-order valence-electron chi connectivity index (χ2n) is 8.07. The summed E-state index contributed by atoms with van der Waals surface area (Å²) in [5.74, 6) is -1.09. The zero-order chi connectivity index (χ0) is 18.2. The third-order valence-electron chi connectivity index (χ3n) is 6.38. The maximum Gasteiger partial charge on any atom is 0.341 e. The predicted octanol–water partition coefficient (Wildman–Crippen LogP) is 1.89. The quantitative estimate of drug-likeness (QED) is 0.876. The van der Waals surface area contributed by atoms with E-state index in [1.54, 1.807) is 6.07 Å². The standard InChI is InChI=1S/C19H20FN3O3/c20-14-3-12-15(4-16(14)22-2-1-11(21)8-22)23(19-5-10(6-19)7-19)9-13(17(12)24)18(25)26/h3-4,9-11H,1-2,5-8,21H2,(H,25,26). The SMILES string of the molecule is NC1CCN(c2cc3c(cc2F)c(=O)c(C(=O)O)cn3C23CC(C2)C3)C1. The molecule has 7 heteroatoms. The highest BCUT2D eigenvalue weighted by Gasteiger charge is 2.58. The summed E-state index contributed by atoms with van der Waals surface area (Å²) in [4.78, 5) is 26.0. The van der Waals surface area contributed by atoms with Gasteiger partial charge in [0, 0.05) is 36.3 Å². The number of halogens is 1. The molecule has 1 aromatic heterocycles. The van der Waals surface area contributed by atoms with Gasteiger partial charge in [-0.1, -0.05) is 0 Å². The number of nitrogens with two attached hydrogens (primary N) is 1. The summed E-state index contributed by atoms with van der Waals surface area (Å²) in [6.45, 7) is 1.25. The maximum atomic E-state index is 14.8. The second kappa shape index (κ2) is 5.07. The molecule has 1 saturated heterocycles. The summed E-state index contributed by atoms with van der Waals surface area (Å²) < 4.78 is 16.7. The first-order chi connectivity index (χ1) is 12.4. The van der Waals surface area contributed by atoms with Crippen molar-refractivity contribution in [2.75, 3.05) is 18.0 Å². The van der Waals surface area contributed by atoms with Gasteiger partial charge in [0.15, 0.2) is 0 Å². The van der Waals surface area contributed by atoms with E-state index in [0.717, 1.165) is 25.7 Å². The number of carboxylic acids is 1. The van der Waals surface area contributed by atoms with Crippen molar-refractivity contribution in [2.45, 2.75) is 37.3 Å². The number of carboxylic acid groups (broad SMARTS) is 1. The van der Waals surface area contributed by atoms with Crippen LogP contribution in [0.4, 0.5) is 10.1 Å². The second-order valence-corrected chi connectivity index (χ2v) is 8.07. The number of aromatic nitrogens is 1. The van der Waals surface area contributed by atoms with Gasteiger partial charge in [-0.25, -0.2) is 9.18 Å². The summed E-state index contributed by atoms with van der Waals surface area (Å²) in [6, 6.07) is 2.92. The average molecular weight is 357 g/mol. The van der Waals surface area contributed by atoms with Gasteiger partial charge in [0.1, 0.15) is 11.4 Å². The normalized spacial score (nSPS) is 29.5. The Kier molecular flexibility index (Phi) is 3.08. The lowest BCUT2D eigenvalue weighted by molar-refractivity contribution is -0.0860. The molecule has 4 fully saturated rings. The lowest BCUT2D eigenvalue weighted by Gasteiger charge is -2.63. The van der Waals surface area contributed by atoms with Crippen molar-refractivity contribution < 1.29 is 14.3 Å². The minimum absolute atomic E-state index is 0.0132. The molecular formula is C19H20FN3O3. The molecule has 1 aliphatic heterocycles. The summed E-state index contributed by atoms with van der Waals surface area (Å²) in [5, 5.41) is 9.55. The van der Waals surface area contributed by atoms with Crippen molar-refractivity contribution >= 4 is 22.6 Å². The maximum absolute atomic E-state index is 14.8. The van der Waals surface area contributed by atoms with Crippen molar-refractivity contribution in [3.8, 4) is 0 Å². The van der Waals surface area contributed by atoms with E-state index in [1.165, 1.54) is 12.3 Å². The van der Waals surface area contributed by atoms with Gasteiger partial charge in [0.2, 0.25) is 5.43 Å². The Labute approximate surface area is 149 Å². The zero-order valence-corrected chi connectivity index (χ0v) is 14.2. The zero-order valence-electron chi connectivity index (χ0n) is 14.2. The number of pyridine rings is 1. The number of hydrogen-bond donors (Lipinski definition) is 2. The summed E-state index contributed by atoms with van der Waals surface area (Å²) in [6.07, 6.45) is 5.23. The van der Waals surface area contributed by atoms with E-state index in [4.69, 9.17) is 5.73 Å². The number of rotatable bonds is 3. The first kappa shape index (κ1) is 15.8. The van der Waals surface area contributed by atoms with Crippen molar-refractivity contribution in [2.24, 2.45) is 11.7 Å². The fourth-order valence-electron chi connectivity index (χ4n) is 4.86. The van der Waals surface area contributed by atoms with Gasteiger partial charge < -0.3 is 20.3 Å². The number of anilines is 1. The van der Waals surface area contributed by atoms with Crippen molar-refractivity contribution in [3.05, 3.63) is 39.9 Å². The Hall–Kier alpha value is -2.41. The highest BCUT2D eigenvalue weighted by Crippen LogP contribution is 2.62. The molecule has 3 saturated carbocycles. The van der Waals surface area contributed by atoms with Crippen molar-refractivity contribution in [1.82, 2.24) is 4.57 Å². The van der Waals surface area contributed by atoms with Crippen LogP contribution in [0.3, 0.4) is 0 Å². The fraction of sp³-hybridized carbons (Fsp3) is 0.474. The van der Waals surface area contributed by atoms with Crippen molar-refractivity contribution in [1.29, 1.82) is 0 Å². The lowest BCUT2D eigenvalue weighted by Crippen LogP contribution is -2.59. The van der Waals surface area contributed by atoms with Crippen LogP contribution in [-0.2, 0) is 5.54 Å². The van der Waals surface area contributed by atoms with Gasteiger partial charge in [0.25, 0.3) is 0 Å². The number of hydrogen-bond acceptors (Lipinski definition) is 4. The molecule has 3 aliphatic carbocycles. The summed E-state index contributed by atoms with van der Waals surface area (Å²) in [5.41, 5.74) is 5.98. The Balaban J connectivity index is 1.76. The molecule has 1 aromatic carbocycles. The van der Waals surface area contributed by atoms with Gasteiger partial charge in [-0.05, 0) is 43.7 Å². The third kappa shape index (κ3) is 2.00. The molecule has 1 atom stereocenters. The van der Waals surface area contributed by atoms with Gasteiger partial charge in [-0.15, -0.1) is 0 Å². The van der Waals surface area contributed by atoms with Crippen LogP contribution in [0.15, 0.2) is 23.1 Å². The highest BCUT2D eigenvalue weighted by molar-refractivity contribution is 5.93. The number of fused-ring (bicyclic) bond motifs is 1. The molecule has 0 spiro atoms. The number of carbonyl (C=O) groups is 1. The molecule has 0 amide bonds. The van der Waals surface area contributed by atoms with Crippen LogP contribution < -0.4 is 16.1 Å². The summed E-state index contributed by atoms with van der Waals surface area (Å²) >= 11 is 0. The van der Waals surface area contributed by atoms with Crippen molar-refractivity contribution in [3.63, 3.8) is 0 Å². The van der Waals surface area contributed by atoms with Gasteiger partial charge in [0.05, 0.1) is 11.2 Å². The van der Waals surface area contributed by atoms with Gasteiger partial charge in [-0.2, -0.15) is 0 Å². The first-order valence-electron chi connectivity index (χ1n) is 9.01. The summed E-state index contributed by atoms with van der Waals surface area (Å²) in [7, 11) is 0. The number of nitrogens with zero attached hydrogens (tertiary/aromatic N) is 2. The molecule has 6 nitrogen and oxygen atoms in total. The Morgan fingerprint density at radius 1 is 1.31 bits per heavy atom. The molecule has 1 unspecified atom stereocenters. The van der Waals surface area contributed by atoms with Crippen LogP contribution in [0.2, 0.25) is 0 Å². The Morgan fingerprint density at radius 3 is 2.58 bits per heavy atom. The van der Waals surface area contributed by atoms with Gasteiger partial charge >= 0.3 is 5.97 Å². The molecule has 3 N–H and O–H groups in total. The molecule has 2 aromatic rings. The van der Waals surface area contributed by atoms with E-state index in [1.807, 2.05) is 9.47 Å². The molecule has 4 aliphatic rings. The van der Waals surface area contributed by atoms with Crippen LogP contribution in [0.25, 0.3) is 10.9 Å². The molecular weight excluding hydrogens is 337 g/mol. The molecule has 2 bridgehead atoms. The minimum Gasteiger partial charge on any atom is -0.477 e. The van der Waals surface area contributed by atoms with E-state index in [0.29, 0.717) is 30.2 Å². The Bertz CT molecular complexity index is 998. The lowest BCUT2D eigenvalue weighted by atomic mass is 9.49. The molecule has 136 valence electrons. The van der Waals surface area contributed by atoms with Crippen LogP contribution in [0, 0.1) is 11.7 Å². The van der Waals surface area contributed by atoms with Gasteiger partial charge in [-0.3, -0.25) is 4.79 Å². The Morgan fingerprint density at radius 2 is 2.04 bits per heavy atom. The van der Waals surface area contributed by atoms with E-state index in [-0.39, 0.29) is 22.5 Å². The third-order valence-corrected chi connectivity index (χ3v) is 6.38. The van der Waals surface area contributed by atoms with E-state index >= 15 is 0 Å². The minimum atomic E-state index is -1.27. The van der Waals surface area contributed by atoms with E-state index in [2.05, 4.69) is 0 Å². The number of aromatic carboxylic acids is 1. The monoisotopic (exact) mass is 357 g/mol. The molecule has 2 heterocycles. The van der Waals surface area contributed by atoms with Crippen LogP contribution >= 0.6 is 0 Å². The van der Waals surface area contributed by atoms with Crippen LogP contribution in [-0.4, -0.2) is 34.8 Å². The molecule has 0 radical (unpaired) electrons. The smallest absolute Gasteiger partial charge is 0.341 e.